The molecule has 0 aliphatic rings. The second kappa shape index (κ2) is 4.75. The van der Waals surface area contributed by atoms with Gasteiger partial charge in [0.2, 0.25) is 10.0 Å². The Morgan fingerprint density at radius 3 is 2.47 bits per heavy atom. The number of nitrogens with one attached hydrogen (secondary N) is 1. The van der Waals surface area contributed by atoms with Gasteiger partial charge in [-0.3, -0.25) is 4.79 Å². The third-order valence-electron chi connectivity index (χ3n) is 1.90. The van der Waals surface area contributed by atoms with Gasteiger partial charge >= 0.3 is 0 Å². The maximum atomic E-state index is 11.7. The summed E-state index contributed by atoms with van der Waals surface area (Å²) in [5.41, 5.74) is 0.303. The Balaban J connectivity index is 2.75. The average molecular weight is 276 g/mol. The summed E-state index contributed by atoms with van der Waals surface area (Å²) in [5, 5.41) is 9.18. The molecule has 0 saturated heterocycles. The Hall–Kier alpha value is -0.920. The summed E-state index contributed by atoms with van der Waals surface area (Å²) in [4.78, 5) is 11.7. The zero-order valence-electron chi connectivity index (χ0n) is 9.98. The largest absolute Gasteiger partial charge is 0.351 e. The molecule has 3 N–H and O–H groups in total. The highest BCUT2D eigenvalue weighted by Gasteiger charge is 2.17. The van der Waals surface area contributed by atoms with E-state index in [1.165, 1.54) is 11.4 Å². The topological polar surface area (TPSA) is 89.3 Å². The molecule has 0 atom stereocenters. The van der Waals surface area contributed by atoms with Gasteiger partial charge in [-0.1, -0.05) is 20.8 Å². The minimum absolute atomic E-state index is 0.00147. The molecule has 0 spiro atoms. The first-order chi connectivity index (χ1) is 7.59. The molecule has 0 aliphatic heterocycles. The fourth-order valence-electron chi connectivity index (χ4n) is 1.03. The van der Waals surface area contributed by atoms with Crippen LogP contribution < -0.4 is 10.5 Å². The SMILES string of the molecule is CC(C)(C)CNC(=O)c1csc(S(N)(=O)=O)c1. The van der Waals surface area contributed by atoms with Crippen LogP contribution in [0.3, 0.4) is 0 Å². The number of sulfonamides is 1. The van der Waals surface area contributed by atoms with Crippen molar-refractivity contribution >= 4 is 27.3 Å². The first-order valence-corrected chi connectivity index (χ1v) is 7.42. The van der Waals surface area contributed by atoms with Crippen molar-refractivity contribution in [3.05, 3.63) is 17.0 Å². The van der Waals surface area contributed by atoms with Crippen LogP contribution in [-0.2, 0) is 10.0 Å². The lowest BCUT2D eigenvalue weighted by molar-refractivity contribution is 0.0939. The zero-order valence-corrected chi connectivity index (χ0v) is 11.6. The monoisotopic (exact) mass is 276 g/mol. The Kier molecular flexibility index (Phi) is 3.95. The molecule has 1 heterocycles. The van der Waals surface area contributed by atoms with E-state index in [1.807, 2.05) is 20.8 Å². The third-order valence-corrected chi connectivity index (χ3v) is 4.28. The van der Waals surface area contributed by atoms with Crippen molar-refractivity contribution in [2.24, 2.45) is 10.6 Å². The van der Waals surface area contributed by atoms with Crippen LogP contribution >= 0.6 is 11.3 Å². The van der Waals surface area contributed by atoms with E-state index >= 15 is 0 Å². The number of primary sulfonamides is 1. The molecule has 1 amide bonds. The van der Waals surface area contributed by atoms with E-state index in [1.54, 1.807) is 0 Å². The normalized spacial score (nSPS) is 12.5. The van der Waals surface area contributed by atoms with Crippen LogP contribution in [0.15, 0.2) is 15.7 Å². The quantitative estimate of drug-likeness (QED) is 0.868. The summed E-state index contributed by atoms with van der Waals surface area (Å²) in [6.45, 7) is 6.51. The summed E-state index contributed by atoms with van der Waals surface area (Å²) in [6, 6.07) is 1.29. The standard InChI is InChI=1S/C10H16N2O3S2/c1-10(2,3)6-12-9(13)7-4-8(16-5-7)17(11,14)15/h4-5H,6H2,1-3H3,(H,12,13)(H2,11,14,15). The molecule has 0 aliphatic carbocycles. The summed E-state index contributed by atoms with van der Waals surface area (Å²) in [6.07, 6.45) is 0. The van der Waals surface area contributed by atoms with Crippen molar-refractivity contribution in [1.82, 2.24) is 5.32 Å². The minimum atomic E-state index is -3.72. The molecule has 0 fully saturated rings. The van der Waals surface area contributed by atoms with Gasteiger partial charge in [0.1, 0.15) is 4.21 Å². The van der Waals surface area contributed by atoms with Crippen LogP contribution in [0.1, 0.15) is 31.1 Å². The fourth-order valence-corrected chi connectivity index (χ4v) is 2.62. The number of rotatable bonds is 3. The smallest absolute Gasteiger partial charge is 0.252 e. The molecule has 0 unspecified atom stereocenters. The van der Waals surface area contributed by atoms with Crippen molar-refractivity contribution in [3.63, 3.8) is 0 Å². The van der Waals surface area contributed by atoms with Crippen LogP contribution in [0.25, 0.3) is 0 Å². The molecule has 1 aromatic rings. The summed E-state index contributed by atoms with van der Waals surface area (Å²) < 4.78 is 22.1. The molecule has 5 nitrogen and oxygen atoms in total. The van der Waals surface area contributed by atoms with Gasteiger partial charge in [-0.05, 0) is 11.5 Å². The minimum Gasteiger partial charge on any atom is -0.351 e. The van der Waals surface area contributed by atoms with Crippen molar-refractivity contribution in [3.8, 4) is 0 Å². The number of hydrogen-bond acceptors (Lipinski definition) is 4. The number of carbonyl (C=O) groups excluding carboxylic acids is 1. The molecule has 0 aromatic carbocycles. The second-order valence-corrected chi connectivity index (χ2v) is 7.64. The lowest BCUT2D eigenvalue weighted by Gasteiger charge is -2.18. The van der Waals surface area contributed by atoms with Crippen LogP contribution in [-0.4, -0.2) is 20.9 Å². The number of nitrogens with two attached hydrogens (primary N) is 1. The Bertz CT molecular complexity index is 512. The zero-order chi connectivity index (χ0) is 13.3. The van der Waals surface area contributed by atoms with Gasteiger partial charge in [0.15, 0.2) is 0 Å². The van der Waals surface area contributed by atoms with E-state index in [-0.39, 0.29) is 15.5 Å². The van der Waals surface area contributed by atoms with E-state index in [0.29, 0.717) is 12.1 Å². The van der Waals surface area contributed by atoms with E-state index < -0.39 is 10.0 Å². The van der Waals surface area contributed by atoms with E-state index in [2.05, 4.69) is 5.32 Å². The van der Waals surface area contributed by atoms with Gasteiger partial charge in [0.25, 0.3) is 5.91 Å². The summed E-state index contributed by atoms with van der Waals surface area (Å²) in [7, 11) is -3.72. The molecule has 1 aromatic heterocycles. The highest BCUT2D eigenvalue weighted by molar-refractivity contribution is 7.91. The molecule has 0 bridgehead atoms. The summed E-state index contributed by atoms with van der Waals surface area (Å²) >= 11 is 0.944. The molecule has 7 heteroatoms. The molecule has 0 radical (unpaired) electrons. The summed E-state index contributed by atoms with van der Waals surface area (Å²) in [5.74, 6) is -0.286. The lowest BCUT2D eigenvalue weighted by Crippen LogP contribution is -2.32. The van der Waals surface area contributed by atoms with E-state index in [9.17, 15) is 13.2 Å². The average Bonchev–Trinajstić information content (AvgIpc) is 2.60. The van der Waals surface area contributed by atoms with Crippen molar-refractivity contribution in [2.75, 3.05) is 6.54 Å². The Morgan fingerprint density at radius 2 is 2.06 bits per heavy atom. The predicted octanol–water partition coefficient (Wildman–Crippen LogP) is 1.17. The Labute approximate surface area is 105 Å². The van der Waals surface area contributed by atoms with Gasteiger partial charge in [-0.25, -0.2) is 13.6 Å². The fraction of sp³-hybridized carbons (Fsp3) is 0.500. The van der Waals surface area contributed by atoms with Crippen molar-refractivity contribution in [1.29, 1.82) is 0 Å². The number of hydrogen-bond donors (Lipinski definition) is 2. The molecular formula is C10H16N2O3S2. The molecular weight excluding hydrogens is 260 g/mol. The molecule has 1 rings (SSSR count). The molecule has 17 heavy (non-hydrogen) atoms. The first-order valence-electron chi connectivity index (χ1n) is 4.99. The lowest BCUT2D eigenvalue weighted by atomic mass is 9.97. The second-order valence-electron chi connectivity index (χ2n) is 4.94. The van der Waals surface area contributed by atoms with E-state index in [0.717, 1.165) is 11.3 Å². The number of thiophene rings is 1. The van der Waals surface area contributed by atoms with Crippen LogP contribution in [0.2, 0.25) is 0 Å². The number of amides is 1. The van der Waals surface area contributed by atoms with E-state index in [4.69, 9.17) is 5.14 Å². The van der Waals surface area contributed by atoms with Gasteiger partial charge < -0.3 is 5.32 Å². The highest BCUT2D eigenvalue weighted by atomic mass is 32.2. The van der Waals surface area contributed by atoms with Crippen LogP contribution in [0.5, 0.6) is 0 Å². The molecule has 0 saturated carbocycles. The highest BCUT2D eigenvalue weighted by Crippen LogP contribution is 2.19. The van der Waals surface area contributed by atoms with Gasteiger partial charge in [-0.2, -0.15) is 0 Å². The predicted molar refractivity (Wildman–Crippen MR) is 67.5 cm³/mol. The third kappa shape index (κ3) is 4.45. The van der Waals surface area contributed by atoms with Crippen molar-refractivity contribution in [2.45, 2.75) is 25.0 Å². The van der Waals surface area contributed by atoms with Gasteiger partial charge in [-0.15, -0.1) is 11.3 Å². The van der Waals surface area contributed by atoms with Crippen LogP contribution in [0.4, 0.5) is 0 Å². The number of carbonyl (C=O) groups is 1. The van der Waals surface area contributed by atoms with Crippen molar-refractivity contribution < 1.29 is 13.2 Å². The first kappa shape index (κ1) is 14.1. The van der Waals surface area contributed by atoms with Crippen LogP contribution in [0, 0.1) is 5.41 Å². The molecule has 96 valence electrons. The van der Waals surface area contributed by atoms with Gasteiger partial charge in [0.05, 0.1) is 5.56 Å². The Morgan fingerprint density at radius 1 is 1.47 bits per heavy atom. The maximum Gasteiger partial charge on any atom is 0.252 e. The maximum absolute atomic E-state index is 11.7. The van der Waals surface area contributed by atoms with Gasteiger partial charge in [0, 0.05) is 11.9 Å².